The molecule has 1 aliphatic carbocycles. The topological polar surface area (TPSA) is 49.8 Å². The van der Waals surface area contributed by atoms with E-state index in [1.54, 1.807) is 13.1 Å². The van der Waals surface area contributed by atoms with Crippen LogP contribution in [0.5, 0.6) is 5.88 Å². The number of hydrogen-bond acceptors (Lipinski definition) is 3. The molecule has 2 fully saturated rings. The third-order valence-corrected chi connectivity index (χ3v) is 5.00. The zero-order valence-corrected chi connectivity index (χ0v) is 14.3. The molecule has 1 aliphatic heterocycles. The number of nitrogens with zero attached hydrogens (tertiary/aromatic N) is 3. The third kappa shape index (κ3) is 4.55. The van der Waals surface area contributed by atoms with Crippen LogP contribution in [0, 0.1) is 5.41 Å². The first kappa shape index (κ1) is 17.8. The SMILES string of the molecule is CN=C(NCc1ccc(OCC(F)(F)F)nc1)N1CCC2(CCC2)C1. The highest BCUT2D eigenvalue weighted by atomic mass is 19.4. The van der Waals surface area contributed by atoms with Gasteiger partial charge < -0.3 is 15.0 Å². The van der Waals surface area contributed by atoms with E-state index in [1.807, 2.05) is 0 Å². The zero-order valence-electron chi connectivity index (χ0n) is 14.3. The maximum absolute atomic E-state index is 12.1. The standard InChI is InChI=1S/C17H23F3N4O/c1-21-15(24-8-7-16(11-24)5-2-6-16)23-10-13-3-4-14(22-9-13)25-12-17(18,19)20/h3-4,9H,2,5-8,10-12H2,1H3,(H,21,23). The van der Waals surface area contributed by atoms with Gasteiger partial charge in [0, 0.05) is 38.9 Å². The van der Waals surface area contributed by atoms with Crippen LogP contribution in [-0.4, -0.2) is 48.8 Å². The fourth-order valence-corrected chi connectivity index (χ4v) is 3.47. The number of rotatable bonds is 4. The van der Waals surface area contributed by atoms with Gasteiger partial charge in [-0.05, 0) is 30.2 Å². The summed E-state index contributed by atoms with van der Waals surface area (Å²) in [5.41, 5.74) is 1.36. The molecular formula is C17H23F3N4O. The van der Waals surface area contributed by atoms with E-state index >= 15 is 0 Å². The number of guanidine groups is 1. The molecule has 1 aromatic rings. The lowest BCUT2D eigenvalue weighted by molar-refractivity contribution is -0.154. The minimum Gasteiger partial charge on any atom is -0.468 e. The molecule has 1 aromatic heterocycles. The summed E-state index contributed by atoms with van der Waals surface area (Å²) in [4.78, 5) is 10.5. The van der Waals surface area contributed by atoms with Gasteiger partial charge in [-0.25, -0.2) is 4.98 Å². The van der Waals surface area contributed by atoms with Gasteiger partial charge in [0.05, 0.1) is 0 Å². The van der Waals surface area contributed by atoms with E-state index < -0.39 is 12.8 Å². The smallest absolute Gasteiger partial charge is 0.422 e. The first-order chi connectivity index (χ1) is 11.9. The number of aromatic nitrogens is 1. The van der Waals surface area contributed by atoms with Gasteiger partial charge in [-0.1, -0.05) is 12.5 Å². The average Bonchev–Trinajstić information content (AvgIpc) is 3.00. The number of nitrogens with one attached hydrogen (secondary N) is 1. The van der Waals surface area contributed by atoms with E-state index in [1.165, 1.54) is 37.9 Å². The molecule has 2 heterocycles. The fourth-order valence-electron chi connectivity index (χ4n) is 3.47. The molecule has 0 amide bonds. The summed E-state index contributed by atoms with van der Waals surface area (Å²) < 4.78 is 41.0. The van der Waals surface area contributed by atoms with Gasteiger partial charge in [-0.3, -0.25) is 4.99 Å². The van der Waals surface area contributed by atoms with Crippen molar-refractivity contribution in [1.82, 2.24) is 15.2 Å². The molecule has 138 valence electrons. The summed E-state index contributed by atoms with van der Waals surface area (Å²) in [6.45, 7) is 1.25. The van der Waals surface area contributed by atoms with Crippen molar-refractivity contribution in [1.29, 1.82) is 0 Å². The summed E-state index contributed by atoms with van der Waals surface area (Å²) in [5, 5.41) is 3.30. The lowest BCUT2D eigenvalue weighted by atomic mass is 9.68. The highest BCUT2D eigenvalue weighted by molar-refractivity contribution is 5.80. The van der Waals surface area contributed by atoms with Gasteiger partial charge in [0.2, 0.25) is 5.88 Å². The molecular weight excluding hydrogens is 333 g/mol. The van der Waals surface area contributed by atoms with E-state index in [0.29, 0.717) is 12.0 Å². The molecule has 0 atom stereocenters. The van der Waals surface area contributed by atoms with Crippen molar-refractivity contribution in [3.05, 3.63) is 23.9 Å². The van der Waals surface area contributed by atoms with Crippen LogP contribution >= 0.6 is 0 Å². The van der Waals surface area contributed by atoms with Crippen molar-refractivity contribution in [2.24, 2.45) is 10.4 Å². The maximum Gasteiger partial charge on any atom is 0.422 e. The van der Waals surface area contributed by atoms with Crippen LogP contribution in [0.1, 0.15) is 31.2 Å². The largest absolute Gasteiger partial charge is 0.468 e. The van der Waals surface area contributed by atoms with Gasteiger partial charge in [-0.15, -0.1) is 0 Å². The second kappa shape index (κ2) is 7.09. The van der Waals surface area contributed by atoms with Crippen molar-refractivity contribution in [2.75, 3.05) is 26.7 Å². The van der Waals surface area contributed by atoms with Crippen LogP contribution in [0.15, 0.2) is 23.3 Å². The first-order valence-corrected chi connectivity index (χ1v) is 8.49. The van der Waals surface area contributed by atoms with Crippen LogP contribution in [0.25, 0.3) is 0 Å². The summed E-state index contributed by atoms with van der Waals surface area (Å²) in [5.74, 6) is 0.832. The van der Waals surface area contributed by atoms with Crippen LogP contribution in [0.2, 0.25) is 0 Å². The molecule has 25 heavy (non-hydrogen) atoms. The van der Waals surface area contributed by atoms with E-state index in [2.05, 4.69) is 24.9 Å². The number of ether oxygens (including phenoxy) is 1. The van der Waals surface area contributed by atoms with E-state index in [4.69, 9.17) is 0 Å². The van der Waals surface area contributed by atoms with Crippen LogP contribution in [0.4, 0.5) is 13.2 Å². The monoisotopic (exact) mass is 356 g/mol. The minimum absolute atomic E-state index is 0.0306. The molecule has 0 radical (unpaired) electrons. The molecule has 0 unspecified atom stereocenters. The normalized spacial score (nSPS) is 19.8. The van der Waals surface area contributed by atoms with E-state index in [-0.39, 0.29) is 5.88 Å². The highest BCUT2D eigenvalue weighted by Gasteiger charge is 2.43. The summed E-state index contributed by atoms with van der Waals surface area (Å²) in [6.07, 6.45) is 2.33. The van der Waals surface area contributed by atoms with Crippen molar-refractivity contribution >= 4 is 5.96 Å². The number of likely N-dealkylation sites (tertiary alicyclic amines) is 1. The Morgan fingerprint density at radius 2 is 2.16 bits per heavy atom. The quantitative estimate of drug-likeness (QED) is 0.666. The molecule has 3 rings (SSSR count). The number of aliphatic imine (C=N–C) groups is 1. The molecule has 5 nitrogen and oxygen atoms in total. The predicted molar refractivity (Wildman–Crippen MR) is 88.5 cm³/mol. The van der Waals surface area contributed by atoms with Crippen LogP contribution < -0.4 is 10.1 Å². The molecule has 0 aromatic carbocycles. The zero-order chi connectivity index (χ0) is 17.9. The highest BCUT2D eigenvalue weighted by Crippen LogP contribution is 2.47. The summed E-state index contributed by atoms with van der Waals surface area (Å²) in [7, 11) is 1.76. The lowest BCUT2D eigenvalue weighted by Crippen LogP contribution is -2.42. The lowest BCUT2D eigenvalue weighted by Gasteiger charge is -2.38. The molecule has 1 spiro atoms. The Morgan fingerprint density at radius 3 is 2.68 bits per heavy atom. The average molecular weight is 356 g/mol. The van der Waals surface area contributed by atoms with Gasteiger partial charge in [0.1, 0.15) is 0 Å². The molecule has 1 saturated carbocycles. The Hall–Kier alpha value is -1.99. The van der Waals surface area contributed by atoms with Crippen molar-refractivity contribution in [3.8, 4) is 5.88 Å². The molecule has 8 heteroatoms. The molecule has 2 aliphatic rings. The van der Waals surface area contributed by atoms with Gasteiger partial charge >= 0.3 is 6.18 Å². The van der Waals surface area contributed by atoms with E-state index in [9.17, 15) is 13.2 Å². The Balaban J connectivity index is 1.49. The second-order valence-electron chi connectivity index (χ2n) is 6.83. The van der Waals surface area contributed by atoms with E-state index in [0.717, 1.165) is 24.6 Å². The summed E-state index contributed by atoms with van der Waals surface area (Å²) in [6, 6.07) is 3.15. The van der Waals surface area contributed by atoms with Crippen molar-refractivity contribution in [2.45, 2.75) is 38.4 Å². The van der Waals surface area contributed by atoms with Gasteiger partial charge in [0.15, 0.2) is 12.6 Å². The number of halogens is 3. The summed E-state index contributed by atoms with van der Waals surface area (Å²) >= 11 is 0. The van der Waals surface area contributed by atoms with Gasteiger partial charge in [0.25, 0.3) is 0 Å². The molecule has 1 saturated heterocycles. The second-order valence-corrected chi connectivity index (χ2v) is 6.83. The minimum atomic E-state index is -4.36. The maximum atomic E-state index is 12.1. The van der Waals surface area contributed by atoms with Crippen molar-refractivity contribution < 1.29 is 17.9 Å². The molecule has 1 N–H and O–H groups in total. The Morgan fingerprint density at radius 1 is 1.36 bits per heavy atom. The third-order valence-electron chi connectivity index (χ3n) is 5.00. The fraction of sp³-hybridized carbons (Fsp3) is 0.647. The van der Waals surface area contributed by atoms with Crippen molar-refractivity contribution in [3.63, 3.8) is 0 Å². The Labute approximate surface area is 145 Å². The number of pyridine rings is 1. The van der Waals surface area contributed by atoms with Gasteiger partial charge in [-0.2, -0.15) is 13.2 Å². The molecule has 0 bridgehead atoms. The Kier molecular flexibility index (Phi) is 5.06. The first-order valence-electron chi connectivity index (χ1n) is 8.49. The number of hydrogen-bond donors (Lipinski definition) is 1. The number of alkyl halides is 3. The Bertz CT molecular complexity index is 611. The van der Waals surface area contributed by atoms with Crippen LogP contribution in [0.3, 0.4) is 0 Å². The predicted octanol–water partition coefficient (Wildman–Crippen LogP) is 2.97. The van der Waals surface area contributed by atoms with Crippen LogP contribution in [-0.2, 0) is 6.54 Å².